The Hall–Kier alpha value is -0.870. The summed E-state index contributed by atoms with van der Waals surface area (Å²) in [5.74, 6) is 0. The second kappa shape index (κ2) is 9.21. The third-order valence-electron chi connectivity index (χ3n) is 3.45. The second-order valence-electron chi connectivity index (χ2n) is 5.62. The van der Waals surface area contributed by atoms with Gasteiger partial charge in [-0.05, 0) is 44.0 Å². The van der Waals surface area contributed by atoms with E-state index in [9.17, 15) is 5.11 Å². The average molecular weight is 313 g/mol. The van der Waals surface area contributed by atoms with E-state index in [1.165, 1.54) is 4.90 Å². The van der Waals surface area contributed by atoms with E-state index in [0.29, 0.717) is 18.2 Å². The van der Waals surface area contributed by atoms with Gasteiger partial charge in [0.15, 0.2) is 0 Å². The lowest BCUT2D eigenvalue weighted by atomic mass is 10.1. The molecule has 0 saturated heterocycles. The van der Waals surface area contributed by atoms with Crippen LogP contribution in [0, 0.1) is 0 Å². The smallest absolute Gasteiger partial charge is 0.126 e. The van der Waals surface area contributed by atoms with Gasteiger partial charge in [0, 0.05) is 5.02 Å². The molecule has 0 amide bonds. The van der Waals surface area contributed by atoms with Crippen molar-refractivity contribution in [2.45, 2.75) is 33.0 Å². The van der Waals surface area contributed by atoms with Crippen LogP contribution in [0.1, 0.15) is 32.4 Å². The maximum Gasteiger partial charge on any atom is 0.126 e. The van der Waals surface area contributed by atoms with Crippen molar-refractivity contribution in [3.63, 3.8) is 0 Å². The van der Waals surface area contributed by atoms with E-state index >= 15 is 0 Å². The van der Waals surface area contributed by atoms with Crippen LogP contribution in [0.5, 0.6) is 0 Å². The maximum atomic E-state index is 10.1. The zero-order valence-electron chi connectivity index (χ0n) is 13.2. The van der Waals surface area contributed by atoms with Crippen LogP contribution in [-0.4, -0.2) is 37.5 Å². The molecule has 1 rings (SSSR count). The summed E-state index contributed by atoms with van der Waals surface area (Å²) >= 11 is 5.87. The number of benzene rings is 1. The largest absolute Gasteiger partial charge is 0.385 e. The summed E-state index contributed by atoms with van der Waals surface area (Å²) in [6.07, 6.45) is -0.516. The summed E-state index contributed by atoms with van der Waals surface area (Å²) < 4.78 is 5.75. The monoisotopic (exact) mass is 312 g/mol. The molecule has 4 heteroatoms. The molecule has 3 nitrogen and oxygen atoms in total. The SMILES string of the molecule is C=C(C)C[NH+](CC)C[C@H](O)CO[C@@H](C)c1ccc(Cl)cc1. The Morgan fingerprint density at radius 2 is 2.00 bits per heavy atom. The number of rotatable bonds is 9. The highest BCUT2D eigenvalue weighted by molar-refractivity contribution is 6.30. The molecule has 1 aromatic carbocycles. The fraction of sp³-hybridized carbons (Fsp3) is 0.529. The number of aliphatic hydroxyl groups is 1. The molecule has 0 heterocycles. The zero-order chi connectivity index (χ0) is 15.8. The first-order chi connectivity index (χ1) is 9.92. The van der Waals surface area contributed by atoms with Crippen LogP contribution in [0.15, 0.2) is 36.4 Å². The summed E-state index contributed by atoms with van der Waals surface area (Å²) in [6.45, 7) is 12.9. The molecular formula is C17H27ClNO2+. The van der Waals surface area contributed by atoms with Crippen molar-refractivity contribution >= 4 is 11.6 Å². The third-order valence-corrected chi connectivity index (χ3v) is 3.71. The minimum Gasteiger partial charge on any atom is -0.385 e. The summed E-state index contributed by atoms with van der Waals surface area (Å²) in [4.78, 5) is 1.32. The van der Waals surface area contributed by atoms with E-state index in [1.54, 1.807) is 0 Å². The van der Waals surface area contributed by atoms with Crippen molar-refractivity contribution < 1.29 is 14.7 Å². The van der Waals surface area contributed by atoms with Crippen LogP contribution in [-0.2, 0) is 4.74 Å². The summed E-state index contributed by atoms with van der Waals surface area (Å²) in [7, 11) is 0. The summed E-state index contributed by atoms with van der Waals surface area (Å²) in [5, 5.41) is 10.8. The van der Waals surface area contributed by atoms with Crippen LogP contribution in [0.4, 0.5) is 0 Å². The van der Waals surface area contributed by atoms with Gasteiger partial charge in [0.1, 0.15) is 12.6 Å². The van der Waals surface area contributed by atoms with Gasteiger partial charge in [-0.1, -0.05) is 30.3 Å². The molecule has 0 radical (unpaired) electrons. The van der Waals surface area contributed by atoms with Gasteiger partial charge in [0.25, 0.3) is 0 Å². The Morgan fingerprint density at radius 3 is 2.52 bits per heavy atom. The number of nitrogens with one attached hydrogen (secondary N) is 1. The van der Waals surface area contributed by atoms with E-state index in [2.05, 4.69) is 13.5 Å². The van der Waals surface area contributed by atoms with Crippen molar-refractivity contribution in [2.24, 2.45) is 0 Å². The molecule has 2 N–H and O–H groups in total. The quantitative estimate of drug-likeness (QED) is 0.686. The van der Waals surface area contributed by atoms with Gasteiger partial charge >= 0.3 is 0 Å². The topological polar surface area (TPSA) is 33.9 Å². The number of halogens is 1. The zero-order valence-corrected chi connectivity index (χ0v) is 14.0. The average Bonchev–Trinajstić information content (AvgIpc) is 2.44. The van der Waals surface area contributed by atoms with Crippen LogP contribution < -0.4 is 4.90 Å². The molecule has 3 atom stereocenters. The molecule has 118 valence electrons. The summed E-state index contributed by atoms with van der Waals surface area (Å²) in [6, 6.07) is 7.60. The lowest BCUT2D eigenvalue weighted by Gasteiger charge is -2.22. The fourth-order valence-corrected chi connectivity index (χ4v) is 2.37. The molecule has 0 aliphatic carbocycles. The molecule has 0 bridgehead atoms. The second-order valence-corrected chi connectivity index (χ2v) is 6.06. The van der Waals surface area contributed by atoms with E-state index in [-0.39, 0.29) is 6.10 Å². The first-order valence-corrected chi connectivity index (χ1v) is 7.83. The molecule has 0 aliphatic heterocycles. The van der Waals surface area contributed by atoms with Crippen LogP contribution in [0.3, 0.4) is 0 Å². The third kappa shape index (κ3) is 7.09. The predicted octanol–water partition coefficient (Wildman–Crippen LogP) is 2.26. The Labute approximate surface area is 133 Å². The number of likely N-dealkylation sites (N-methyl/N-ethyl adjacent to an activating group) is 1. The summed E-state index contributed by atoms with van der Waals surface area (Å²) in [5.41, 5.74) is 2.20. The predicted molar refractivity (Wildman–Crippen MR) is 87.9 cm³/mol. The van der Waals surface area contributed by atoms with Crippen LogP contribution in [0.25, 0.3) is 0 Å². The molecule has 0 fully saturated rings. The van der Waals surface area contributed by atoms with E-state index in [1.807, 2.05) is 38.1 Å². The highest BCUT2D eigenvalue weighted by Crippen LogP contribution is 2.19. The molecular weight excluding hydrogens is 286 g/mol. The number of hydrogen-bond acceptors (Lipinski definition) is 2. The highest BCUT2D eigenvalue weighted by atomic mass is 35.5. The van der Waals surface area contributed by atoms with E-state index in [0.717, 1.165) is 24.2 Å². The Morgan fingerprint density at radius 1 is 1.38 bits per heavy atom. The Bertz CT molecular complexity index is 433. The molecule has 0 spiro atoms. The normalized spacial score (nSPS) is 15.5. The molecule has 21 heavy (non-hydrogen) atoms. The molecule has 1 unspecified atom stereocenters. The van der Waals surface area contributed by atoms with E-state index < -0.39 is 6.10 Å². The van der Waals surface area contributed by atoms with Crippen LogP contribution >= 0.6 is 11.6 Å². The lowest BCUT2D eigenvalue weighted by Crippen LogP contribution is -3.13. The van der Waals surface area contributed by atoms with Crippen molar-refractivity contribution in [1.82, 2.24) is 0 Å². The lowest BCUT2D eigenvalue weighted by molar-refractivity contribution is -0.896. The van der Waals surface area contributed by atoms with Crippen molar-refractivity contribution in [3.8, 4) is 0 Å². The standard InChI is InChI=1S/C17H26ClNO2/c1-5-19(10-13(2)3)11-17(20)12-21-14(4)15-6-8-16(18)9-7-15/h6-9,14,17,20H,2,5,10-12H2,1,3-4H3/p+1/t14-,17-/m0/s1. The van der Waals surface area contributed by atoms with E-state index in [4.69, 9.17) is 16.3 Å². The van der Waals surface area contributed by atoms with Gasteiger partial charge in [-0.15, -0.1) is 0 Å². The van der Waals surface area contributed by atoms with Gasteiger partial charge in [-0.2, -0.15) is 0 Å². The first kappa shape index (κ1) is 18.2. The molecule has 0 saturated carbocycles. The number of aliphatic hydroxyl groups excluding tert-OH is 1. The Kier molecular flexibility index (Phi) is 7.97. The maximum absolute atomic E-state index is 10.1. The van der Waals surface area contributed by atoms with Gasteiger partial charge < -0.3 is 14.7 Å². The minimum atomic E-state index is -0.464. The molecule has 1 aromatic rings. The fourth-order valence-electron chi connectivity index (χ4n) is 2.25. The van der Waals surface area contributed by atoms with Gasteiger partial charge in [-0.3, -0.25) is 0 Å². The van der Waals surface area contributed by atoms with Gasteiger partial charge in [0.05, 0.1) is 25.8 Å². The van der Waals surface area contributed by atoms with Crippen LogP contribution in [0.2, 0.25) is 5.02 Å². The van der Waals surface area contributed by atoms with Crippen molar-refractivity contribution in [2.75, 3.05) is 26.2 Å². The van der Waals surface area contributed by atoms with Crippen molar-refractivity contribution in [1.29, 1.82) is 0 Å². The van der Waals surface area contributed by atoms with Gasteiger partial charge in [-0.25, -0.2) is 0 Å². The first-order valence-electron chi connectivity index (χ1n) is 7.45. The number of ether oxygens (including phenoxy) is 1. The number of hydrogen-bond donors (Lipinski definition) is 2. The van der Waals surface area contributed by atoms with Crippen molar-refractivity contribution in [3.05, 3.63) is 47.0 Å². The molecule has 0 aromatic heterocycles. The highest BCUT2D eigenvalue weighted by Gasteiger charge is 2.15. The van der Waals surface area contributed by atoms with Gasteiger partial charge in [0.2, 0.25) is 0 Å². The minimum absolute atomic E-state index is 0.0527. The molecule has 0 aliphatic rings. The Balaban J connectivity index is 2.39. The number of quaternary nitrogens is 1.